The van der Waals surface area contributed by atoms with Crippen molar-refractivity contribution >= 4 is 63.8 Å². The maximum absolute atomic E-state index is 12.7. The molecule has 0 aliphatic carbocycles. The minimum Gasteiger partial charge on any atom is -0.477 e. The first kappa shape index (κ1) is 55.5. The smallest absolute Gasteiger partial charge is 0.407 e. The zero-order chi connectivity index (χ0) is 54.0. The van der Waals surface area contributed by atoms with Crippen LogP contribution in [0.3, 0.4) is 0 Å². The van der Waals surface area contributed by atoms with E-state index in [2.05, 4.69) is 81.8 Å². The lowest BCUT2D eigenvalue weighted by atomic mass is 9.98. The lowest BCUT2D eigenvalue weighted by Gasteiger charge is -2.19. The lowest BCUT2D eigenvalue weighted by molar-refractivity contribution is 0.0522. The van der Waals surface area contributed by atoms with Gasteiger partial charge in [-0.15, -0.1) is 22.7 Å². The molecule has 0 bridgehead atoms. The van der Waals surface area contributed by atoms with Crippen molar-refractivity contribution < 1.29 is 24.2 Å². The van der Waals surface area contributed by atoms with Gasteiger partial charge in [-0.05, 0) is 76.4 Å². The summed E-state index contributed by atoms with van der Waals surface area (Å²) in [5.41, 5.74) is 7.53. The first-order valence-electron chi connectivity index (χ1n) is 23.6. The van der Waals surface area contributed by atoms with E-state index in [0.717, 1.165) is 65.9 Å². The molecule has 74 heavy (non-hydrogen) atoms. The van der Waals surface area contributed by atoms with Gasteiger partial charge in [0.2, 0.25) is 11.9 Å². The Balaban J connectivity index is 0.000000199. The molecule has 8 aromatic rings. The van der Waals surface area contributed by atoms with Crippen molar-refractivity contribution in [3.63, 3.8) is 0 Å². The highest BCUT2D eigenvalue weighted by Gasteiger charge is 2.22. The van der Waals surface area contributed by atoms with Gasteiger partial charge in [0.15, 0.2) is 5.78 Å². The molecule has 8 heterocycles. The van der Waals surface area contributed by atoms with Gasteiger partial charge in [-0.1, -0.05) is 53.7 Å². The van der Waals surface area contributed by atoms with Gasteiger partial charge in [0.1, 0.15) is 10.5 Å². The number of aromatic nitrogens is 12. The second-order valence-corrected chi connectivity index (χ2v) is 22.2. The van der Waals surface area contributed by atoms with Crippen molar-refractivity contribution in [2.24, 2.45) is 14.1 Å². The Kier molecular flexibility index (Phi) is 17.8. The van der Waals surface area contributed by atoms with E-state index in [4.69, 9.17) is 14.8 Å². The van der Waals surface area contributed by atoms with Crippen LogP contribution in [0.2, 0.25) is 0 Å². The maximum Gasteiger partial charge on any atom is 0.407 e. The van der Waals surface area contributed by atoms with Crippen LogP contribution in [0, 0.1) is 13.8 Å². The molecule has 0 saturated carbocycles. The van der Waals surface area contributed by atoms with Crippen molar-refractivity contribution in [1.82, 2.24) is 64.7 Å². The molecular weight excluding hydrogens is 979 g/mol. The van der Waals surface area contributed by atoms with Gasteiger partial charge in [-0.3, -0.25) is 24.1 Å². The number of nitrogens with one attached hydrogen (secondary N) is 3. The van der Waals surface area contributed by atoms with Crippen molar-refractivity contribution in [3.8, 4) is 22.8 Å². The molecule has 0 radical (unpaired) electrons. The molecule has 388 valence electrons. The van der Waals surface area contributed by atoms with Crippen LogP contribution < -0.4 is 16.0 Å². The second-order valence-electron chi connectivity index (χ2n) is 20.1. The molecule has 8 rings (SSSR count). The third kappa shape index (κ3) is 16.3. The molecular formula is C52H63N15O5S2. The van der Waals surface area contributed by atoms with Gasteiger partial charge in [0.05, 0.1) is 67.6 Å². The highest BCUT2D eigenvalue weighted by atomic mass is 32.1. The molecule has 0 fully saturated rings. The fraction of sp³-hybridized carbons (Fsp3) is 0.365. The topological polar surface area (TPSA) is 256 Å². The Morgan fingerprint density at radius 3 is 1.47 bits per heavy atom. The van der Waals surface area contributed by atoms with Gasteiger partial charge in [0, 0.05) is 80.3 Å². The quantitative estimate of drug-likeness (QED) is 0.0783. The number of thiazole rings is 2. The van der Waals surface area contributed by atoms with Crippen molar-refractivity contribution in [1.29, 1.82) is 0 Å². The van der Waals surface area contributed by atoms with Crippen LogP contribution in [0.1, 0.15) is 121 Å². The summed E-state index contributed by atoms with van der Waals surface area (Å²) in [6.07, 6.45) is 14.2. The number of amides is 1. The number of ether oxygens (including phenoxy) is 1. The Hall–Kier alpha value is -7.85. The molecule has 4 N–H and O–H groups in total. The van der Waals surface area contributed by atoms with Crippen LogP contribution in [0.15, 0.2) is 86.0 Å². The minimum absolute atomic E-state index is 0.0477. The number of carbonyl (C=O) groups is 3. The number of nitrogens with zero attached hydrogens (tertiary/aromatic N) is 12. The molecule has 20 nitrogen and oxygen atoms in total. The van der Waals surface area contributed by atoms with Crippen LogP contribution in [0.5, 0.6) is 0 Å². The predicted octanol–water partition coefficient (Wildman–Crippen LogP) is 10.4. The number of anilines is 4. The normalized spacial score (nSPS) is 11.4. The number of carboxylic acids is 1. The molecule has 1 amide bonds. The van der Waals surface area contributed by atoms with Crippen LogP contribution >= 0.6 is 22.7 Å². The minimum atomic E-state index is -0.900. The van der Waals surface area contributed by atoms with E-state index >= 15 is 0 Å². The molecule has 0 aliphatic heterocycles. The van der Waals surface area contributed by atoms with E-state index in [1.165, 1.54) is 28.9 Å². The number of alkyl carbamates (subject to hydrolysis) is 1. The SMILES string of the molecule is CC(C)(C)c1ncc(C(=O)O)s1.Cc1nc(-c2ccnc(Nc3cnn(C)c3)n2)ccc1CCC(=O)c1cnc(C(C)(C)C)s1.Cc1nc(-c2ccnc(Nc3cnn(C)c3)n2)ccc1CNC(=O)OC(C)(C)C. The third-order valence-corrected chi connectivity index (χ3v) is 13.2. The molecule has 8 aromatic heterocycles. The number of aromatic carboxylic acids is 1. The number of carbonyl (C=O) groups excluding carboxylic acids is 2. The summed E-state index contributed by atoms with van der Waals surface area (Å²) in [6, 6.07) is 11.4. The summed E-state index contributed by atoms with van der Waals surface area (Å²) < 4.78 is 8.66. The van der Waals surface area contributed by atoms with E-state index < -0.39 is 17.7 Å². The summed E-state index contributed by atoms with van der Waals surface area (Å²) in [5, 5.41) is 27.7. The van der Waals surface area contributed by atoms with Gasteiger partial charge >= 0.3 is 12.1 Å². The fourth-order valence-electron chi connectivity index (χ4n) is 6.59. The first-order chi connectivity index (χ1) is 34.8. The Morgan fingerprint density at radius 2 is 1.07 bits per heavy atom. The average molecular weight is 1040 g/mol. The largest absolute Gasteiger partial charge is 0.477 e. The standard InChI is InChI=1S/C24H27N7OS.C20H25N7O2.C8H11NO2S/c1-15-16(7-9-20(32)21-13-26-22(33-21)24(2,3)4)6-8-18(28-15)19-10-11-25-23(30-19)29-17-12-27-31(5)14-17;1-13-14(10-22-19(28)29-20(2,3)4)6-7-16(24-13)17-8-9-21-18(26-17)25-15-11-23-27(5)12-15;1-8(2,3)7-9-4-5(12-7)6(10)11/h6,8,10-14H,7,9H2,1-5H3,(H,25,29,30);6-9,11-12H,10H2,1-5H3,(H,22,28)(H,21,25,26);4H,1-3H3,(H,10,11). The molecule has 0 atom stereocenters. The molecule has 0 spiro atoms. The second kappa shape index (κ2) is 23.8. The van der Waals surface area contributed by atoms with Crippen LogP contribution in [0.25, 0.3) is 22.8 Å². The maximum atomic E-state index is 12.7. The average Bonchev–Trinajstić information content (AvgIpc) is 4.17. The number of ketones is 1. The number of Topliss-reactive ketones (excluding diaryl/α,β-unsaturated/α-hetero) is 1. The lowest BCUT2D eigenvalue weighted by Crippen LogP contribution is -2.32. The summed E-state index contributed by atoms with van der Waals surface area (Å²) >= 11 is 2.73. The van der Waals surface area contributed by atoms with E-state index in [1.807, 2.05) is 112 Å². The fourth-order valence-corrected chi connectivity index (χ4v) is 8.35. The van der Waals surface area contributed by atoms with Gasteiger partial charge in [-0.2, -0.15) is 10.2 Å². The van der Waals surface area contributed by atoms with Crippen molar-refractivity contribution in [2.75, 3.05) is 10.6 Å². The van der Waals surface area contributed by atoms with Crippen LogP contribution in [0.4, 0.5) is 28.1 Å². The summed E-state index contributed by atoms with van der Waals surface area (Å²) in [4.78, 5) is 71.5. The Morgan fingerprint density at radius 1 is 0.608 bits per heavy atom. The number of aryl methyl sites for hydroxylation is 5. The first-order valence-corrected chi connectivity index (χ1v) is 25.2. The van der Waals surface area contributed by atoms with Gasteiger partial charge in [-0.25, -0.2) is 39.5 Å². The van der Waals surface area contributed by atoms with Crippen molar-refractivity contribution in [3.05, 3.63) is 128 Å². The Labute approximate surface area is 438 Å². The van der Waals surface area contributed by atoms with E-state index in [-0.39, 0.29) is 16.6 Å². The van der Waals surface area contributed by atoms with Crippen LogP contribution in [-0.4, -0.2) is 88.0 Å². The highest BCUT2D eigenvalue weighted by Crippen LogP contribution is 2.29. The molecule has 0 saturated heterocycles. The third-order valence-electron chi connectivity index (χ3n) is 10.4. The van der Waals surface area contributed by atoms with E-state index in [9.17, 15) is 14.4 Å². The van der Waals surface area contributed by atoms with Gasteiger partial charge in [0.25, 0.3) is 0 Å². The molecule has 22 heteroatoms. The highest BCUT2D eigenvalue weighted by molar-refractivity contribution is 7.14. The number of rotatable bonds is 13. The molecule has 0 aromatic carbocycles. The predicted molar refractivity (Wildman–Crippen MR) is 287 cm³/mol. The summed E-state index contributed by atoms with van der Waals surface area (Å²) in [6.45, 7) is 22.0. The van der Waals surface area contributed by atoms with E-state index in [0.29, 0.717) is 41.9 Å². The number of hydrogen-bond donors (Lipinski definition) is 4. The Bertz CT molecular complexity index is 3210. The monoisotopic (exact) mass is 1040 g/mol. The number of pyridine rings is 2. The van der Waals surface area contributed by atoms with Crippen LogP contribution in [-0.2, 0) is 42.6 Å². The molecule has 0 aliphatic rings. The zero-order valence-corrected chi connectivity index (χ0v) is 45.6. The number of carboxylic acid groups (broad SMARTS) is 1. The molecule has 0 unspecified atom stereocenters. The summed E-state index contributed by atoms with van der Waals surface area (Å²) in [5.74, 6) is 0.163. The van der Waals surface area contributed by atoms with Gasteiger partial charge < -0.3 is 25.8 Å². The zero-order valence-electron chi connectivity index (χ0n) is 44.0. The van der Waals surface area contributed by atoms with E-state index in [1.54, 1.807) is 46.4 Å². The summed E-state index contributed by atoms with van der Waals surface area (Å²) in [7, 11) is 3.69. The van der Waals surface area contributed by atoms with Crippen molar-refractivity contribution in [2.45, 2.75) is 112 Å². The number of hydrogen-bond acceptors (Lipinski definition) is 18.